The summed E-state index contributed by atoms with van der Waals surface area (Å²) in [5, 5.41) is 18.7. The van der Waals surface area contributed by atoms with Crippen LogP contribution < -0.4 is 5.32 Å². The van der Waals surface area contributed by atoms with Gasteiger partial charge < -0.3 is 14.8 Å². The number of thioether (sulfide) groups is 1. The first-order valence-corrected chi connectivity index (χ1v) is 9.45. The van der Waals surface area contributed by atoms with Crippen LogP contribution in [-0.2, 0) is 20.7 Å². The summed E-state index contributed by atoms with van der Waals surface area (Å²) in [5.74, 6) is -0.174. The lowest BCUT2D eigenvalue weighted by Gasteiger charge is -2.26. The number of nitrogens with one attached hydrogen (secondary N) is 1. The maximum absolute atomic E-state index is 12.4. The maximum atomic E-state index is 12.4. The minimum absolute atomic E-state index is 0.232. The predicted octanol–water partition coefficient (Wildman–Crippen LogP) is 2.16. The zero-order valence-corrected chi connectivity index (χ0v) is 17.1. The maximum Gasteiger partial charge on any atom is 0.408 e. The summed E-state index contributed by atoms with van der Waals surface area (Å²) >= 11 is 1.33. The largest absolute Gasteiger partial charge is 0.458 e. The lowest BCUT2D eigenvalue weighted by atomic mass is 10.1. The molecule has 0 radical (unpaired) electrons. The van der Waals surface area contributed by atoms with Crippen molar-refractivity contribution in [2.75, 3.05) is 6.26 Å². The van der Waals surface area contributed by atoms with Gasteiger partial charge in [0.2, 0.25) is 5.16 Å². The van der Waals surface area contributed by atoms with Gasteiger partial charge in [0.15, 0.2) is 5.82 Å². The van der Waals surface area contributed by atoms with Crippen LogP contribution in [0.4, 0.5) is 4.79 Å². The second kappa shape index (κ2) is 9.11. The molecular formula is C16H27N5O4S. The van der Waals surface area contributed by atoms with Gasteiger partial charge in [-0.1, -0.05) is 11.8 Å². The van der Waals surface area contributed by atoms with Crippen molar-refractivity contribution in [1.82, 2.24) is 25.7 Å². The standard InChI is InChI=1S/C16H27N5O4S/c1-15(2,3)24-12(22)10(17-14(23)25-16(4,5)6)8-9-11-18-20-13(26-7)21-19-11/h10H,8-9H2,1-7H3,(H,17,23)/t10-/m0/s1. The highest BCUT2D eigenvalue weighted by molar-refractivity contribution is 7.98. The monoisotopic (exact) mass is 385 g/mol. The normalized spacial score (nSPS) is 13.0. The summed E-state index contributed by atoms with van der Waals surface area (Å²) in [6, 6.07) is -0.895. The zero-order valence-electron chi connectivity index (χ0n) is 16.3. The summed E-state index contributed by atoms with van der Waals surface area (Å²) in [5.41, 5.74) is -1.35. The Labute approximate surface area is 158 Å². The van der Waals surface area contributed by atoms with Gasteiger partial charge in [-0.2, -0.15) is 0 Å². The fourth-order valence-corrected chi connectivity index (χ4v) is 2.01. The average molecular weight is 385 g/mol. The van der Waals surface area contributed by atoms with Crippen LogP contribution >= 0.6 is 11.8 Å². The minimum Gasteiger partial charge on any atom is -0.458 e. The third-order valence-electron chi connectivity index (χ3n) is 2.72. The van der Waals surface area contributed by atoms with Gasteiger partial charge in [0.05, 0.1) is 0 Å². The molecule has 1 aromatic rings. The Kier molecular flexibility index (Phi) is 7.73. The van der Waals surface area contributed by atoms with Crippen molar-refractivity contribution in [3.8, 4) is 0 Å². The fraction of sp³-hybridized carbons (Fsp3) is 0.750. The van der Waals surface area contributed by atoms with Crippen molar-refractivity contribution in [3.05, 3.63) is 5.82 Å². The quantitative estimate of drug-likeness (QED) is 0.580. The number of esters is 1. The van der Waals surface area contributed by atoms with Gasteiger partial charge in [0.1, 0.15) is 17.2 Å². The van der Waals surface area contributed by atoms with E-state index in [2.05, 4.69) is 25.7 Å². The van der Waals surface area contributed by atoms with Crippen molar-refractivity contribution in [2.45, 2.75) is 76.8 Å². The number of aromatic nitrogens is 4. The second-order valence-electron chi connectivity index (χ2n) is 7.57. The van der Waals surface area contributed by atoms with E-state index in [9.17, 15) is 9.59 Å². The Bertz CT molecular complexity index is 611. The highest BCUT2D eigenvalue weighted by atomic mass is 32.2. The molecule has 1 heterocycles. The third-order valence-corrected chi connectivity index (χ3v) is 3.25. The van der Waals surface area contributed by atoms with Crippen molar-refractivity contribution in [3.63, 3.8) is 0 Å². The molecule has 9 nitrogen and oxygen atoms in total. The van der Waals surface area contributed by atoms with Gasteiger partial charge >= 0.3 is 12.1 Å². The number of nitrogens with zero attached hydrogens (tertiary/aromatic N) is 4. The second-order valence-corrected chi connectivity index (χ2v) is 8.35. The third kappa shape index (κ3) is 8.93. The molecule has 0 aliphatic heterocycles. The van der Waals surface area contributed by atoms with Crippen molar-refractivity contribution in [1.29, 1.82) is 0 Å². The van der Waals surface area contributed by atoms with Crippen LogP contribution in [0.5, 0.6) is 0 Å². The molecule has 146 valence electrons. The Hall–Kier alpha value is -1.97. The molecule has 0 fully saturated rings. The number of amides is 1. The van der Waals surface area contributed by atoms with Crippen molar-refractivity contribution in [2.24, 2.45) is 0 Å². The van der Waals surface area contributed by atoms with E-state index in [0.29, 0.717) is 17.4 Å². The highest BCUT2D eigenvalue weighted by Crippen LogP contribution is 2.13. The van der Waals surface area contributed by atoms with E-state index in [4.69, 9.17) is 9.47 Å². The van der Waals surface area contributed by atoms with Crippen LogP contribution in [0.25, 0.3) is 0 Å². The highest BCUT2D eigenvalue weighted by Gasteiger charge is 2.28. The Balaban J connectivity index is 2.78. The molecule has 1 aromatic heterocycles. The lowest BCUT2D eigenvalue weighted by Crippen LogP contribution is -2.46. The fourth-order valence-electron chi connectivity index (χ4n) is 1.77. The van der Waals surface area contributed by atoms with Crippen LogP contribution in [-0.4, -0.2) is 56.0 Å². The molecule has 0 bridgehead atoms. The Morgan fingerprint density at radius 2 is 1.54 bits per heavy atom. The summed E-state index contributed by atoms with van der Waals surface area (Å²) in [6.07, 6.45) is 1.66. The van der Waals surface area contributed by atoms with E-state index in [0.717, 1.165) is 0 Å². The Morgan fingerprint density at radius 1 is 1.00 bits per heavy atom. The molecule has 1 atom stereocenters. The molecule has 0 aromatic carbocycles. The molecular weight excluding hydrogens is 358 g/mol. The van der Waals surface area contributed by atoms with Crippen molar-refractivity contribution < 1.29 is 19.1 Å². The first kappa shape index (κ1) is 22.1. The number of aryl methyl sites for hydroxylation is 1. The van der Waals surface area contributed by atoms with Crippen LogP contribution in [0.2, 0.25) is 0 Å². The van der Waals surface area contributed by atoms with E-state index in [1.54, 1.807) is 41.5 Å². The van der Waals surface area contributed by atoms with E-state index >= 15 is 0 Å². The van der Waals surface area contributed by atoms with E-state index < -0.39 is 29.3 Å². The molecule has 0 saturated carbocycles. The molecule has 0 spiro atoms. The summed E-state index contributed by atoms with van der Waals surface area (Å²) in [6.45, 7) is 10.5. The summed E-state index contributed by atoms with van der Waals surface area (Å²) in [7, 11) is 0. The van der Waals surface area contributed by atoms with Gasteiger partial charge in [-0.15, -0.1) is 20.4 Å². The Morgan fingerprint density at radius 3 is 2.00 bits per heavy atom. The first-order valence-electron chi connectivity index (χ1n) is 8.22. The number of alkyl carbamates (subject to hydrolysis) is 1. The minimum atomic E-state index is -0.895. The van der Waals surface area contributed by atoms with Crippen molar-refractivity contribution >= 4 is 23.8 Å². The van der Waals surface area contributed by atoms with Gasteiger partial charge in [0.25, 0.3) is 0 Å². The number of rotatable bonds is 6. The molecule has 10 heteroatoms. The lowest BCUT2D eigenvalue weighted by molar-refractivity contribution is -0.157. The smallest absolute Gasteiger partial charge is 0.408 e. The van der Waals surface area contributed by atoms with E-state index in [1.165, 1.54) is 11.8 Å². The number of carbonyl (C=O) groups excluding carboxylic acids is 2. The molecule has 1 amide bonds. The van der Waals surface area contributed by atoms with Gasteiger partial charge in [0, 0.05) is 6.42 Å². The topological polar surface area (TPSA) is 116 Å². The first-order chi connectivity index (χ1) is 11.9. The molecule has 0 saturated heterocycles. The molecule has 0 unspecified atom stereocenters. The van der Waals surface area contributed by atoms with E-state index in [-0.39, 0.29) is 6.42 Å². The SMILES string of the molecule is CSc1nnc(CC[C@H](NC(=O)OC(C)(C)C)C(=O)OC(C)(C)C)nn1. The molecule has 0 aliphatic rings. The van der Waals surface area contributed by atoms with Gasteiger partial charge in [-0.3, -0.25) is 0 Å². The van der Waals surface area contributed by atoms with Crippen LogP contribution in [0.3, 0.4) is 0 Å². The molecule has 0 aliphatic carbocycles. The van der Waals surface area contributed by atoms with Crippen LogP contribution in [0, 0.1) is 0 Å². The van der Waals surface area contributed by atoms with Gasteiger partial charge in [-0.25, -0.2) is 9.59 Å². The zero-order chi connectivity index (χ0) is 20.0. The summed E-state index contributed by atoms with van der Waals surface area (Å²) in [4.78, 5) is 24.4. The summed E-state index contributed by atoms with van der Waals surface area (Å²) < 4.78 is 10.6. The predicted molar refractivity (Wildman–Crippen MR) is 96.7 cm³/mol. The molecule has 1 N–H and O–H groups in total. The van der Waals surface area contributed by atoms with Gasteiger partial charge in [-0.05, 0) is 54.2 Å². The number of hydrogen-bond donors (Lipinski definition) is 1. The number of carbonyl (C=O) groups is 2. The number of ether oxygens (including phenoxy) is 2. The number of hydrogen-bond acceptors (Lipinski definition) is 9. The van der Waals surface area contributed by atoms with E-state index in [1.807, 2.05) is 6.26 Å². The average Bonchev–Trinajstić information content (AvgIpc) is 2.48. The molecule has 1 rings (SSSR count). The van der Waals surface area contributed by atoms with Crippen LogP contribution in [0.1, 0.15) is 53.8 Å². The van der Waals surface area contributed by atoms with Crippen LogP contribution in [0.15, 0.2) is 5.16 Å². The molecule has 26 heavy (non-hydrogen) atoms.